The Morgan fingerprint density at radius 3 is 2.77 bits per heavy atom. The molecule has 0 fully saturated rings. The van der Waals surface area contributed by atoms with E-state index in [1.54, 1.807) is 12.1 Å². The molecule has 0 bridgehead atoms. The average molecular weight is 182 g/mol. The second-order valence-electron chi connectivity index (χ2n) is 2.84. The van der Waals surface area contributed by atoms with Crippen LogP contribution in [0.3, 0.4) is 0 Å². The fraction of sp³-hybridized carbons (Fsp3) is 0.500. The van der Waals surface area contributed by atoms with Crippen LogP contribution in [0, 0.1) is 0 Å². The zero-order valence-corrected chi connectivity index (χ0v) is 7.57. The molecular formula is C8H14N4O. The van der Waals surface area contributed by atoms with Crippen LogP contribution in [0.1, 0.15) is 12.6 Å². The van der Waals surface area contributed by atoms with Crippen molar-refractivity contribution in [2.24, 2.45) is 5.73 Å². The van der Waals surface area contributed by atoms with Gasteiger partial charge in [-0.3, -0.25) is 0 Å². The molecule has 5 nitrogen and oxygen atoms in total. The molecule has 0 aliphatic rings. The molecule has 0 aliphatic heterocycles. The van der Waals surface area contributed by atoms with E-state index < -0.39 is 0 Å². The summed E-state index contributed by atoms with van der Waals surface area (Å²) >= 11 is 0. The van der Waals surface area contributed by atoms with Crippen LogP contribution in [0.25, 0.3) is 0 Å². The van der Waals surface area contributed by atoms with E-state index in [1.165, 1.54) is 0 Å². The average Bonchev–Trinajstić information content (AvgIpc) is 2.19. The summed E-state index contributed by atoms with van der Waals surface area (Å²) in [6, 6.07) is 3.58. The molecule has 0 saturated carbocycles. The molecule has 72 valence electrons. The minimum atomic E-state index is -0.0157. The molecular weight excluding hydrogens is 168 g/mol. The van der Waals surface area contributed by atoms with Crippen molar-refractivity contribution in [3.8, 4) is 0 Å². The summed E-state index contributed by atoms with van der Waals surface area (Å²) in [7, 11) is 0. The van der Waals surface area contributed by atoms with E-state index in [-0.39, 0.29) is 12.6 Å². The number of aliphatic hydroxyl groups excluding tert-OH is 1. The van der Waals surface area contributed by atoms with Gasteiger partial charge in [-0.05, 0) is 19.1 Å². The Balaban J connectivity index is 2.58. The van der Waals surface area contributed by atoms with E-state index in [1.807, 2.05) is 6.92 Å². The summed E-state index contributed by atoms with van der Waals surface area (Å²) in [4.78, 5) is 0. The molecule has 0 radical (unpaired) electrons. The number of aliphatic hydroxyl groups is 1. The van der Waals surface area contributed by atoms with Gasteiger partial charge in [-0.15, -0.1) is 5.10 Å². The third-order valence-electron chi connectivity index (χ3n) is 1.60. The molecule has 0 aliphatic carbocycles. The molecule has 1 unspecified atom stereocenters. The third kappa shape index (κ3) is 2.96. The SMILES string of the molecule is CC(CO)Nc1ccc(CN)nn1. The van der Waals surface area contributed by atoms with Gasteiger partial charge in [0.25, 0.3) is 0 Å². The summed E-state index contributed by atoms with van der Waals surface area (Å²) in [5.74, 6) is 0.652. The van der Waals surface area contributed by atoms with Crippen LogP contribution in [-0.2, 0) is 6.54 Å². The molecule has 1 aromatic heterocycles. The Labute approximate surface area is 77.0 Å². The summed E-state index contributed by atoms with van der Waals surface area (Å²) < 4.78 is 0. The number of hydrogen-bond donors (Lipinski definition) is 3. The number of rotatable bonds is 4. The first-order chi connectivity index (χ1) is 6.26. The van der Waals surface area contributed by atoms with Crippen molar-refractivity contribution in [1.82, 2.24) is 10.2 Å². The van der Waals surface area contributed by atoms with E-state index in [9.17, 15) is 0 Å². The molecule has 5 heteroatoms. The molecule has 0 aromatic carbocycles. The zero-order chi connectivity index (χ0) is 9.68. The van der Waals surface area contributed by atoms with Crippen molar-refractivity contribution in [1.29, 1.82) is 0 Å². The summed E-state index contributed by atoms with van der Waals surface area (Å²) in [5, 5.41) is 19.5. The second kappa shape index (κ2) is 4.74. The normalized spacial score (nSPS) is 12.5. The van der Waals surface area contributed by atoms with Crippen molar-refractivity contribution in [2.45, 2.75) is 19.5 Å². The van der Waals surface area contributed by atoms with Crippen LogP contribution in [-0.4, -0.2) is 28.0 Å². The fourth-order valence-electron chi connectivity index (χ4n) is 0.844. The van der Waals surface area contributed by atoms with Crippen molar-refractivity contribution >= 4 is 5.82 Å². The van der Waals surface area contributed by atoms with Gasteiger partial charge in [-0.25, -0.2) is 0 Å². The maximum absolute atomic E-state index is 8.77. The van der Waals surface area contributed by atoms with Gasteiger partial charge in [0.15, 0.2) is 0 Å². The zero-order valence-electron chi connectivity index (χ0n) is 7.57. The number of anilines is 1. The highest BCUT2D eigenvalue weighted by atomic mass is 16.3. The monoisotopic (exact) mass is 182 g/mol. The van der Waals surface area contributed by atoms with E-state index in [4.69, 9.17) is 10.8 Å². The van der Waals surface area contributed by atoms with Gasteiger partial charge >= 0.3 is 0 Å². The minimum Gasteiger partial charge on any atom is -0.394 e. The molecule has 13 heavy (non-hydrogen) atoms. The molecule has 0 amide bonds. The maximum atomic E-state index is 8.77. The number of nitrogens with two attached hydrogens (primary N) is 1. The largest absolute Gasteiger partial charge is 0.394 e. The highest BCUT2D eigenvalue weighted by Gasteiger charge is 2.00. The van der Waals surface area contributed by atoms with Gasteiger partial charge in [-0.2, -0.15) is 5.10 Å². The lowest BCUT2D eigenvalue weighted by molar-refractivity contribution is 0.281. The Hall–Kier alpha value is -1.20. The number of nitrogens with one attached hydrogen (secondary N) is 1. The maximum Gasteiger partial charge on any atom is 0.148 e. The van der Waals surface area contributed by atoms with Crippen LogP contribution in [0.4, 0.5) is 5.82 Å². The molecule has 0 saturated heterocycles. The van der Waals surface area contributed by atoms with Gasteiger partial charge < -0.3 is 16.2 Å². The molecule has 1 heterocycles. The highest BCUT2D eigenvalue weighted by Crippen LogP contribution is 2.02. The van der Waals surface area contributed by atoms with Crippen molar-refractivity contribution < 1.29 is 5.11 Å². The van der Waals surface area contributed by atoms with E-state index in [2.05, 4.69) is 15.5 Å². The molecule has 1 aromatic rings. The first-order valence-electron chi connectivity index (χ1n) is 4.16. The van der Waals surface area contributed by atoms with Gasteiger partial charge in [0.05, 0.1) is 12.3 Å². The molecule has 4 N–H and O–H groups in total. The predicted molar refractivity (Wildman–Crippen MR) is 50.1 cm³/mol. The lowest BCUT2D eigenvalue weighted by Crippen LogP contribution is -2.20. The number of aromatic nitrogens is 2. The summed E-state index contributed by atoms with van der Waals surface area (Å²) in [5.41, 5.74) is 6.12. The Morgan fingerprint density at radius 1 is 1.54 bits per heavy atom. The lowest BCUT2D eigenvalue weighted by Gasteiger charge is -2.10. The molecule has 1 atom stereocenters. The highest BCUT2D eigenvalue weighted by molar-refractivity contribution is 5.33. The fourth-order valence-corrected chi connectivity index (χ4v) is 0.844. The van der Waals surface area contributed by atoms with Crippen LogP contribution >= 0.6 is 0 Å². The lowest BCUT2D eigenvalue weighted by atomic mass is 10.3. The smallest absolute Gasteiger partial charge is 0.148 e. The van der Waals surface area contributed by atoms with Crippen molar-refractivity contribution in [2.75, 3.05) is 11.9 Å². The van der Waals surface area contributed by atoms with Crippen LogP contribution in [0.15, 0.2) is 12.1 Å². The van der Waals surface area contributed by atoms with Crippen molar-refractivity contribution in [3.05, 3.63) is 17.8 Å². The Morgan fingerprint density at radius 2 is 2.31 bits per heavy atom. The Kier molecular flexibility index (Phi) is 3.60. The third-order valence-corrected chi connectivity index (χ3v) is 1.60. The van der Waals surface area contributed by atoms with E-state index in [0.717, 1.165) is 5.69 Å². The van der Waals surface area contributed by atoms with Gasteiger partial charge in [0.2, 0.25) is 0 Å². The van der Waals surface area contributed by atoms with Gasteiger partial charge in [0.1, 0.15) is 5.82 Å². The first-order valence-corrected chi connectivity index (χ1v) is 4.16. The summed E-state index contributed by atoms with van der Waals surface area (Å²) in [6.45, 7) is 2.32. The number of hydrogen-bond acceptors (Lipinski definition) is 5. The molecule has 1 rings (SSSR count). The standard InChI is InChI=1S/C8H14N4O/c1-6(5-13)10-8-3-2-7(4-9)11-12-8/h2-3,6,13H,4-5,9H2,1H3,(H,10,12). The molecule has 0 spiro atoms. The Bertz CT molecular complexity index is 249. The van der Waals surface area contributed by atoms with Gasteiger partial charge in [0, 0.05) is 12.6 Å². The first kappa shape index (κ1) is 9.88. The van der Waals surface area contributed by atoms with Crippen LogP contribution in [0.5, 0.6) is 0 Å². The van der Waals surface area contributed by atoms with Gasteiger partial charge in [-0.1, -0.05) is 0 Å². The predicted octanol–water partition coefficient (Wildman–Crippen LogP) is -0.272. The quantitative estimate of drug-likeness (QED) is 0.597. The minimum absolute atomic E-state index is 0.0157. The topological polar surface area (TPSA) is 84.1 Å². The van der Waals surface area contributed by atoms with Crippen molar-refractivity contribution in [3.63, 3.8) is 0 Å². The van der Waals surface area contributed by atoms with E-state index in [0.29, 0.717) is 12.4 Å². The van der Waals surface area contributed by atoms with Crippen LogP contribution in [0.2, 0.25) is 0 Å². The summed E-state index contributed by atoms with van der Waals surface area (Å²) in [6.07, 6.45) is 0. The number of nitrogens with zero attached hydrogens (tertiary/aromatic N) is 2. The second-order valence-corrected chi connectivity index (χ2v) is 2.84. The van der Waals surface area contributed by atoms with E-state index >= 15 is 0 Å². The van der Waals surface area contributed by atoms with Crippen LogP contribution < -0.4 is 11.1 Å².